The summed E-state index contributed by atoms with van der Waals surface area (Å²) in [6.45, 7) is 0. The van der Waals surface area contributed by atoms with Crippen molar-refractivity contribution in [2.45, 2.75) is 0 Å². The highest BCUT2D eigenvalue weighted by atomic mass is 32.3. The van der Waals surface area contributed by atoms with Crippen molar-refractivity contribution < 1.29 is 21.7 Å². The number of rotatable bonds is 2. The molecule has 0 radical (unpaired) electrons. The number of hydrogen-bond donors (Lipinski definition) is 0. The van der Waals surface area contributed by atoms with Crippen LogP contribution in [0.15, 0.2) is 47.5 Å². The van der Waals surface area contributed by atoms with Gasteiger partial charge in [0.1, 0.15) is 17.9 Å². The number of pyridine rings is 1. The molecule has 0 aliphatic rings. The number of fused-ring (bicyclic) bond motifs is 2. The normalized spacial score (nSPS) is 11.7. The highest BCUT2D eigenvalue weighted by Crippen LogP contribution is 2.32. The second-order valence-corrected chi connectivity index (χ2v) is 7.38. The summed E-state index contributed by atoms with van der Waals surface area (Å²) in [6.07, 6.45) is 3.87. The lowest BCUT2D eigenvalue weighted by Gasteiger charge is -2.16. The quantitative estimate of drug-likeness (QED) is 0.289. The number of imidazole rings is 1. The van der Waals surface area contributed by atoms with Crippen LogP contribution in [0, 0.1) is 0 Å². The number of benzene rings is 2. The lowest BCUT2D eigenvalue weighted by molar-refractivity contribution is -0.644. The monoisotopic (exact) mass is 389 g/mol. The van der Waals surface area contributed by atoms with Gasteiger partial charge < -0.3 is 9.45 Å². The third-order valence-corrected chi connectivity index (χ3v) is 4.80. The molecular weight excluding hydrogens is 370 g/mol. The van der Waals surface area contributed by atoms with Gasteiger partial charge in [0.25, 0.3) is 5.43 Å². The molecule has 0 unspecified atom stereocenters. The van der Waals surface area contributed by atoms with Crippen molar-refractivity contribution >= 4 is 43.4 Å². The summed E-state index contributed by atoms with van der Waals surface area (Å²) >= 11 is 0. The van der Waals surface area contributed by atoms with Gasteiger partial charge in [-0.2, -0.15) is 4.40 Å². The summed E-state index contributed by atoms with van der Waals surface area (Å²) in [5, 5.41) is 2.94. The minimum atomic E-state index is -4.41. The van der Waals surface area contributed by atoms with Crippen molar-refractivity contribution in [3.8, 4) is 0 Å². The van der Waals surface area contributed by atoms with Crippen LogP contribution in [0.4, 0.5) is 5.69 Å². The molecule has 0 aliphatic heterocycles. The first-order chi connectivity index (χ1) is 12.7. The maximum atomic E-state index is 12.8. The van der Waals surface area contributed by atoms with Crippen LogP contribution in [0.25, 0.3) is 27.3 Å². The van der Waals surface area contributed by atoms with E-state index in [-0.39, 0.29) is 5.43 Å². The Morgan fingerprint density at radius 3 is 2.37 bits per heavy atom. The minimum absolute atomic E-state index is 0.0801. The van der Waals surface area contributed by atoms with Crippen molar-refractivity contribution in [2.75, 3.05) is 26.1 Å². The first kappa shape index (κ1) is 19.0. The Bertz CT molecular complexity index is 1300. The molecule has 0 N–H and O–H groups in total. The maximum absolute atomic E-state index is 12.8. The van der Waals surface area contributed by atoms with Gasteiger partial charge >= 0.3 is 5.65 Å². The molecule has 142 valence electrons. The molecular formula is C18H19N3O5S. The van der Waals surface area contributed by atoms with Crippen molar-refractivity contribution in [1.82, 2.24) is 4.40 Å². The van der Waals surface area contributed by atoms with Crippen molar-refractivity contribution in [3.05, 3.63) is 52.9 Å². The van der Waals surface area contributed by atoms with Crippen LogP contribution in [0.2, 0.25) is 0 Å². The fraction of sp³-hybridized carbons (Fsp3) is 0.222. The molecule has 0 atom stereocenters. The Hall–Kier alpha value is -2.75. The molecule has 9 heteroatoms. The SMILES string of the molecule is CN(C)c1ccc2c3c1cccc3c(=O)c1n2cc[n+]1C.COS(=O)(=O)[O-]. The molecule has 2 aromatic heterocycles. The summed E-state index contributed by atoms with van der Waals surface area (Å²) in [5.74, 6) is 0. The zero-order valence-electron chi connectivity index (χ0n) is 15.3. The summed E-state index contributed by atoms with van der Waals surface area (Å²) in [7, 11) is 2.35. The fourth-order valence-corrected chi connectivity index (χ4v) is 3.21. The van der Waals surface area contributed by atoms with E-state index < -0.39 is 10.4 Å². The van der Waals surface area contributed by atoms with E-state index in [0.29, 0.717) is 5.65 Å². The standard InChI is InChI=1S/C17H16N3O.CH4O4S/c1-18(2)13-7-8-14-15-11(13)5-4-6-12(15)16(21)17-19(3)9-10-20(14)17;1-5-6(2,3)4/h4-10H,1-3H3;1H3,(H,2,3,4)/q+1;/p-1. The molecule has 4 aromatic rings. The molecule has 0 bridgehead atoms. The van der Waals surface area contributed by atoms with E-state index >= 15 is 0 Å². The topological polar surface area (TPSA) is 95.0 Å². The van der Waals surface area contributed by atoms with E-state index in [2.05, 4.69) is 27.3 Å². The Kier molecular flexibility index (Phi) is 4.77. The van der Waals surface area contributed by atoms with Crippen LogP contribution in [0.3, 0.4) is 0 Å². The van der Waals surface area contributed by atoms with Gasteiger partial charge in [-0.3, -0.25) is 8.98 Å². The van der Waals surface area contributed by atoms with Gasteiger partial charge in [-0.25, -0.2) is 13.0 Å². The Balaban J connectivity index is 0.000000307. The fourth-order valence-electron chi connectivity index (χ4n) is 3.21. The molecule has 27 heavy (non-hydrogen) atoms. The largest absolute Gasteiger partial charge is 0.726 e. The zero-order valence-corrected chi connectivity index (χ0v) is 16.1. The van der Waals surface area contributed by atoms with Gasteiger partial charge in [-0.15, -0.1) is 0 Å². The summed E-state index contributed by atoms with van der Waals surface area (Å²) < 4.78 is 34.9. The lowest BCUT2D eigenvalue weighted by Crippen LogP contribution is -2.31. The molecule has 8 nitrogen and oxygen atoms in total. The molecule has 2 heterocycles. The van der Waals surface area contributed by atoms with Crippen molar-refractivity contribution in [1.29, 1.82) is 0 Å². The summed E-state index contributed by atoms with van der Waals surface area (Å²) in [4.78, 5) is 14.9. The number of aryl methyl sites for hydroxylation is 1. The molecule has 0 fully saturated rings. The average molecular weight is 389 g/mol. The van der Waals surface area contributed by atoms with E-state index in [0.717, 1.165) is 34.5 Å². The maximum Gasteiger partial charge on any atom is 0.335 e. The van der Waals surface area contributed by atoms with Crippen molar-refractivity contribution in [2.24, 2.45) is 7.05 Å². The first-order valence-electron chi connectivity index (χ1n) is 8.02. The number of aromatic nitrogens is 2. The zero-order chi connectivity index (χ0) is 19.9. The second kappa shape index (κ2) is 6.76. The van der Waals surface area contributed by atoms with Gasteiger partial charge in [0.2, 0.25) is 10.4 Å². The van der Waals surface area contributed by atoms with E-state index in [1.165, 1.54) is 0 Å². The minimum Gasteiger partial charge on any atom is -0.726 e. The molecule has 0 amide bonds. The van der Waals surface area contributed by atoms with Crippen LogP contribution in [-0.4, -0.2) is 38.6 Å². The third kappa shape index (κ3) is 3.32. The third-order valence-electron chi connectivity index (χ3n) is 4.39. The predicted octanol–water partition coefficient (Wildman–Crippen LogP) is 1.03. The van der Waals surface area contributed by atoms with Crippen LogP contribution in [-0.2, 0) is 21.6 Å². The average Bonchev–Trinajstić information content (AvgIpc) is 3.01. The van der Waals surface area contributed by atoms with Gasteiger partial charge in [0, 0.05) is 35.9 Å². The molecule has 0 saturated heterocycles. The van der Waals surface area contributed by atoms with Gasteiger partial charge in [0.15, 0.2) is 0 Å². The smallest absolute Gasteiger partial charge is 0.335 e. The highest BCUT2D eigenvalue weighted by molar-refractivity contribution is 7.80. The van der Waals surface area contributed by atoms with Gasteiger partial charge in [-0.05, 0) is 18.2 Å². The first-order valence-corrected chi connectivity index (χ1v) is 9.35. The molecule has 0 saturated carbocycles. The predicted molar refractivity (Wildman–Crippen MR) is 102 cm³/mol. The number of nitrogens with zero attached hydrogens (tertiary/aromatic N) is 3. The van der Waals surface area contributed by atoms with Crippen LogP contribution in [0.1, 0.15) is 0 Å². The van der Waals surface area contributed by atoms with E-state index in [1.807, 2.05) is 54.6 Å². The highest BCUT2D eigenvalue weighted by Gasteiger charge is 2.20. The molecule has 0 spiro atoms. The van der Waals surface area contributed by atoms with Crippen molar-refractivity contribution in [3.63, 3.8) is 0 Å². The van der Waals surface area contributed by atoms with Gasteiger partial charge in [-0.1, -0.05) is 12.1 Å². The van der Waals surface area contributed by atoms with E-state index in [1.54, 1.807) is 0 Å². The Morgan fingerprint density at radius 1 is 1.15 bits per heavy atom. The Labute approximate surface area is 156 Å². The Morgan fingerprint density at radius 2 is 1.78 bits per heavy atom. The summed E-state index contributed by atoms with van der Waals surface area (Å²) in [5.41, 5.74) is 2.98. The molecule has 2 aromatic carbocycles. The summed E-state index contributed by atoms with van der Waals surface area (Å²) in [6, 6.07) is 10.2. The van der Waals surface area contributed by atoms with Gasteiger partial charge in [0.05, 0.1) is 14.2 Å². The molecule has 4 rings (SSSR count). The lowest BCUT2D eigenvalue weighted by atomic mass is 10.0. The molecule has 0 aliphatic carbocycles. The second-order valence-electron chi connectivity index (χ2n) is 6.23. The van der Waals surface area contributed by atoms with Crippen LogP contribution in [0.5, 0.6) is 0 Å². The van der Waals surface area contributed by atoms with E-state index in [4.69, 9.17) is 0 Å². The van der Waals surface area contributed by atoms with Crippen LogP contribution < -0.4 is 14.9 Å². The number of anilines is 1. The number of hydrogen-bond acceptors (Lipinski definition) is 6. The van der Waals surface area contributed by atoms with Crippen LogP contribution >= 0.6 is 0 Å². The van der Waals surface area contributed by atoms with E-state index in [9.17, 15) is 17.8 Å².